The van der Waals surface area contributed by atoms with E-state index in [1.165, 1.54) is 0 Å². The highest BCUT2D eigenvalue weighted by molar-refractivity contribution is 5.76. The predicted octanol–water partition coefficient (Wildman–Crippen LogP) is 2.47. The number of nitrogens with zero attached hydrogens (tertiary/aromatic N) is 1. The molecule has 0 aliphatic rings. The molecule has 1 aromatic carbocycles. The van der Waals surface area contributed by atoms with Gasteiger partial charge in [0, 0.05) is 25.2 Å². The van der Waals surface area contributed by atoms with E-state index in [1.54, 1.807) is 0 Å². The van der Waals surface area contributed by atoms with Crippen molar-refractivity contribution in [2.24, 2.45) is 5.41 Å². The molecule has 0 saturated carbocycles. The van der Waals surface area contributed by atoms with E-state index in [2.05, 4.69) is 31.0 Å². The van der Waals surface area contributed by atoms with Crippen LogP contribution in [0, 0.1) is 5.41 Å². The maximum Gasteiger partial charge on any atom is 0.220 e. The average Bonchev–Trinajstić information content (AvgIpc) is 2.36. The summed E-state index contributed by atoms with van der Waals surface area (Å²) >= 11 is 0. The SMILES string of the molecule is CC(CC(=O)NCC(C)(C)CN(C)C)c1ccc(N)cc1. The maximum absolute atomic E-state index is 12.1. The molecule has 4 heteroatoms. The van der Waals surface area contributed by atoms with E-state index in [0.717, 1.165) is 17.8 Å². The summed E-state index contributed by atoms with van der Waals surface area (Å²) in [6.45, 7) is 8.03. The summed E-state index contributed by atoms with van der Waals surface area (Å²) in [6.07, 6.45) is 0.502. The number of nitrogens with one attached hydrogen (secondary N) is 1. The minimum atomic E-state index is 0.0730. The molecule has 0 fully saturated rings. The average molecular weight is 291 g/mol. The summed E-state index contributed by atoms with van der Waals surface area (Å²) in [5.41, 5.74) is 7.65. The molecule has 0 aliphatic carbocycles. The topological polar surface area (TPSA) is 58.4 Å². The first-order valence-corrected chi connectivity index (χ1v) is 7.46. The summed E-state index contributed by atoms with van der Waals surface area (Å²) in [4.78, 5) is 14.2. The number of nitrogens with two attached hydrogens (primary N) is 1. The van der Waals surface area contributed by atoms with Crippen LogP contribution in [0.3, 0.4) is 0 Å². The van der Waals surface area contributed by atoms with Crippen LogP contribution in [0.1, 0.15) is 38.7 Å². The zero-order chi connectivity index (χ0) is 16.0. The van der Waals surface area contributed by atoms with Gasteiger partial charge in [0.1, 0.15) is 0 Å². The Hall–Kier alpha value is -1.55. The fraction of sp³-hybridized carbons (Fsp3) is 0.588. The van der Waals surface area contributed by atoms with E-state index >= 15 is 0 Å². The fourth-order valence-electron chi connectivity index (χ4n) is 2.54. The molecule has 0 aromatic heterocycles. The van der Waals surface area contributed by atoms with Gasteiger partial charge in [0.25, 0.3) is 0 Å². The van der Waals surface area contributed by atoms with Crippen LogP contribution in [0.4, 0.5) is 5.69 Å². The highest BCUT2D eigenvalue weighted by Gasteiger charge is 2.20. The Morgan fingerprint density at radius 2 is 1.86 bits per heavy atom. The first-order valence-electron chi connectivity index (χ1n) is 7.46. The Balaban J connectivity index is 2.44. The molecule has 0 spiro atoms. The molecule has 0 heterocycles. The second-order valence-corrected chi connectivity index (χ2v) is 6.95. The van der Waals surface area contributed by atoms with Gasteiger partial charge in [0.2, 0.25) is 5.91 Å². The Bertz CT molecular complexity index is 452. The van der Waals surface area contributed by atoms with Crippen molar-refractivity contribution in [2.75, 3.05) is 32.9 Å². The minimum absolute atomic E-state index is 0.0730. The van der Waals surface area contributed by atoms with E-state index in [9.17, 15) is 4.79 Å². The molecule has 0 aliphatic heterocycles. The van der Waals surface area contributed by atoms with Gasteiger partial charge in [-0.05, 0) is 43.1 Å². The van der Waals surface area contributed by atoms with E-state index < -0.39 is 0 Å². The van der Waals surface area contributed by atoms with Gasteiger partial charge in [-0.15, -0.1) is 0 Å². The lowest BCUT2D eigenvalue weighted by Crippen LogP contribution is -2.40. The van der Waals surface area contributed by atoms with Gasteiger partial charge in [-0.3, -0.25) is 4.79 Å². The molecule has 0 bridgehead atoms. The fourth-order valence-corrected chi connectivity index (χ4v) is 2.54. The van der Waals surface area contributed by atoms with Gasteiger partial charge in [0.15, 0.2) is 0 Å². The Morgan fingerprint density at radius 3 is 2.38 bits per heavy atom. The van der Waals surface area contributed by atoms with Gasteiger partial charge < -0.3 is 16.0 Å². The van der Waals surface area contributed by atoms with Crippen LogP contribution in [0.15, 0.2) is 24.3 Å². The first-order chi connectivity index (χ1) is 9.69. The zero-order valence-electron chi connectivity index (χ0n) is 13.9. The highest BCUT2D eigenvalue weighted by atomic mass is 16.1. The molecule has 1 unspecified atom stereocenters. The number of carbonyl (C=O) groups is 1. The number of amides is 1. The van der Waals surface area contributed by atoms with Crippen molar-refractivity contribution in [1.82, 2.24) is 10.2 Å². The summed E-state index contributed by atoms with van der Waals surface area (Å²) in [5.74, 6) is 0.300. The maximum atomic E-state index is 12.1. The van der Waals surface area contributed by atoms with Gasteiger partial charge in [0.05, 0.1) is 0 Å². The number of nitrogen functional groups attached to an aromatic ring is 1. The van der Waals surface area contributed by atoms with Crippen LogP contribution < -0.4 is 11.1 Å². The molecule has 0 radical (unpaired) electrons. The second kappa shape index (κ2) is 7.46. The van der Waals surface area contributed by atoms with Crippen LogP contribution >= 0.6 is 0 Å². The molecule has 4 nitrogen and oxygen atoms in total. The van der Waals surface area contributed by atoms with Crippen molar-refractivity contribution in [3.05, 3.63) is 29.8 Å². The molecule has 1 aromatic rings. The van der Waals surface area contributed by atoms with Gasteiger partial charge in [-0.2, -0.15) is 0 Å². The molecule has 1 atom stereocenters. The van der Waals surface area contributed by atoms with Crippen molar-refractivity contribution in [2.45, 2.75) is 33.1 Å². The van der Waals surface area contributed by atoms with Crippen LogP contribution in [-0.2, 0) is 4.79 Å². The van der Waals surface area contributed by atoms with Gasteiger partial charge in [-0.25, -0.2) is 0 Å². The molecule has 21 heavy (non-hydrogen) atoms. The number of hydrogen-bond acceptors (Lipinski definition) is 3. The normalized spacial score (nSPS) is 13.2. The van der Waals surface area contributed by atoms with Crippen molar-refractivity contribution >= 4 is 11.6 Å². The lowest BCUT2D eigenvalue weighted by molar-refractivity contribution is -0.121. The summed E-state index contributed by atoms with van der Waals surface area (Å²) in [7, 11) is 4.10. The molecule has 118 valence electrons. The standard InChI is InChI=1S/C17H29N3O/c1-13(14-6-8-15(18)9-7-14)10-16(21)19-11-17(2,3)12-20(4)5/h6-9,13H,10-12,18H2,1-5H3,(H,19,21). The van der Waals surface area contributed by atoms with E-state index in [0.29, 0.717) is 13.0 Å². The van der Waals surface area contributed by atoms with Crippen LogP contribution in [0.5, 0.6) is 0 Å². The molecular weight excluding hydrogens is 262 g/mol. The molecule has 3 N–H and O–H groups in total. The zero-order valence-corrected chi connectivity index (χ0v) is 13.9. The number of carbonyl (C=O) groups excluding carboxylic acids is 1. The largest absolute Gasteiger partial charge is 0.399 e. The lowest BCUT2D eigenvalue weighted by atomic mass is 9.92. The first kappa shape index (κ1) is 17.5. The van der Waals surface area contributed by atoms with Crippen molar-refractivity contribution in [1.29, 1.82) is 0 Å². The van der Waals surface area contributed by atoms with E-state index in [-0.39, 0.29) is 17.2 Å². The summed E-state index contributed by atoms with van der Waals surface area (Å²) in [5, 5.41) is 3.05. The molecule has 1 rings (SSSR count). The summed E-state index contributed by atoms with van der Waals surface area (Å²) < 4.78 is 0. The highest BCUT2D eigenvalue weighted by Crippen LogP contribution is 2.20. The number of anilines is 1. The van der Waals surface area contributed by atoms with Crippen molar-refractivity contribution in [3.63, 3.8) is 0 Å². The smallest absolute Gasteiger partial charge is 0.220 e. The van der Waals surface area contributed by atoms with Gasteiger partial charge in [-0.1, -0.05) is 32.9 Å². The minimum Gasteiger partial charge on any atom is -0.399 e. The Morgan fingerprint density at radius 1 is 1.29 bits per heavy atom. The molecule has 1 amide bonds. The van der Waals surface area contributed by atoms with Gasteiger partial charge >= 0.3 is 0 Å². The van der Waals surface area contributed by atoms with Crippen LogP contribution in [0.25, 0.3) is 0 Å². The third-order valence-electron chi connectivity index (χ3n) is 3.51. The number of hydrogen-bond donors (Lipinski definition) is 2. The second-order valence-electron chi connectivity index (χ2n) is 6.95. The third kappa shape index (κ3) is 6.63. The van der Waals surface area contributed by atoms with E-state index in [4.69, 9.17) is 5.73 Å². The van der Waals surface area contributed by atoms with Crippen molar-refractivity contribution < 1.29 is 4.79 Å². The summed E-state index contributed by atoms with van der Waals surface area (Å²) in [6, 6.07) is 7.74. The lowest BCUT2D eigenvalue weighted by Gasteiger charge is -2.28. The molecular formula is C17H29N3O. The quantitative estimate of drug-likeness (QED) is 0.759. The predicted molar refractivity (Wildman–Crippen MR) is 89.2 cm³/mol. The third-order valence-corrected chi connectivity index (χ3v) is 3.51. The number of rotatable bonds is 7. The van der Waals surface area contributed by atoms with Crippen molar-refractivity contribution in [3.8, 4) is 0 Å². The number of benzene rings is 1. The van der Waals surface area contributed by atoms with Crippen LogP contribution in [-0.4, -0.2) is 38.0 Å². The molecule has 0 saturated heterocycles. The Labute approximate surface area is 128 Å². The van der Waals surface area contributed by atoms with Crippen LogP contribution in [0.2, 0.25) is 0 Å². The monoisotopic (exact) mass is 291 g/mol. The van der Waals surface area contributed by atoms with E-state index in [1.807, 2.05) is 38.4 Å². The Kier molecular flexibility index (Phi) is 6.21.